The van der Waals surface area contributed by atoms with Crippen molar-refractivity contribution >= 4 is 5.97 Å². The number of furan rings is 1. The molecule has 1 N–H and O–H groups in total. The molecular weight excluding hydrogens is 285 g/mol. The Kier molecular flexibility index (Phi) is 3.70. The molecule has 0 unspecified atom stereocenters. The highest BCUT2D eigenvalue weighted by atomic mass is 19.1. The van der Waals surface area contributed by atoms with Gasteiger partial charge in [0, 0.05) is 24.4 Å². The molecule has 0 saturated carbocycles. The molecule has 2 aromatic heterocycles. The van der Waals surface area contributed by atoms with Crippen LogP contribution in [-0.4, -0.2) is 16.1 Å². The van der Waals surface area contributed by atoms with Crippen molar-refractivity contribution in [3.8, 4) is 11.3 Å². The summed E-state index contributed by atoms with van der Waals surface area (Å²) in [6.45, 7) is 0. The Balaban J connectivity index is 1.83. The first-order valence-corrected chi connectivity index (χ1v) is 6.64. The molecule has 0 aliphatic carbocycles. The Hall–Kier alpha value is -2.95. The molecule has 0 aliphatic rings. The van der Waals surface area contributed by atoms with Crippen molar-refractivity contribution < 1.29 is 18.7 Å². The molecule has 110 valence electrons. The van der Waals surface area contributed by atoms with E-state index in [1.54, 1.807) is 24.4 Å². The molecule has 3 aromatic rings. The van der Waals surface area contributed by atoms with E-state index in [-0.39, 0.29) is 11.4 Å². The molecule has 1 aromatic carbocycles. The van der Waals surface area contributed by atoms with Crippen LogP contribution < -0.4 is 0 Å². The number of aromatic carboxylic acids is 1. The highest BCUT2D eigenvalue weighted by molar-refractivity contribution is 5.88. The van der Waals surface area contributed by atoms with Gasteiger partial charge in [0.2, 0.25) is 0 Å². The van der Waals surface area contributed by atoms with Crippen molar-refractivity contribution in [1.82, 2.24) is 4.98 Å². The molecule has 0 spiro atoms. The second-order valence-corrected chi connectivity index (χ2v) is 4.84. The van der Waals surface area contributed by atoms with E-state index in [1.807, 2.05) is 6.07 Å². The lowest BCUT2D eigenvalue weighted by atomic mass is 10.1. The minimum atomic E-state index is -1.03. The third kappa shape index (κ3) is 3.03. The first kappa shape index (κ1) is 14.0. The average molecular weight is 297 g/mol. The van der Waals surface area contributed by atoms with Crippen LogP contribution in [0.25, 0.3) is 11.3 Å². The Bertz CT molecular complexity index is 809. The first-order chi connectivity index (χ1) is 10.6. The Morgan fingerprint density at radius 3 is 2.64 bits per heavy atom. The average Bonchev–Trinajstić information content (AvgIpc) is 2.98. The van der Waals surface area contributed by atoms with Gasteiger partial charge in [0.05, 0.1) is 5.56 Å². The number of halogens is 1. The predicted molar refractivity (Wildman–Crippen MR) is 78.1 cm³/mol. The lowest BCUT2D eigenvalue weighted by molar-refractivity contribution is 0.0696. The van der Waals surface area contributed by atoms with Crippen LogP contribution >= 0.6 is 0 Å². The number of rotatable bonds is 4. The number of aromatic nitrogens is 1. The summed E-state index contributed by atoms with van der Waals surface area (Å²) in [4.78, 5) is 14.9. The van der Waals surface area contributed by atoms with Gasteiger partial charge in [-0.1, -0.05) is 12.1 Å². The van der Waals surface area contributed by atoms with Gasteiger partial charge in [-0.2, -0.15) is 0 Å². The number of benzene rings is 1. The summed E-state index contributed by atoms with van der Waals surface area (Å²) in [5, 5.41) is 8.98. The number of pyridine rings is 1. The van der Waals surface area contributed by atoms with E-state index in [0.717, 1.165) is 5.56 Å². The number of carboxylic acids is 1. The van der Waals surface area contributed by atoms with Gasteiger partial charge in [0.25, 0.3) is 0 Å². The quantitative estimate of drug-likeness (QED) is 0.796. The second-order valence-electron chi connectivity index (χ2n) is 4.84. The van der Waals surface area contributed by atoms with Gasteiger partial charge in [-0.05, 0) is 35.9 Å². The zero-order valence-electron chi connectivity index (χ0n) is 11.5. The van der Waals surface area contributed by atoms with Gasteiger partial charge in [-0.15, -0.1) is 0 Å². The SMILES string of the molecule is O=C(O)c1cncc(-c2ccc(Cc3ccc(F)cc3)o2)c1. The first-order valence-electron chi connectivity index (χ1n) is 6.64. The highest BCUT2D eigenvalue weighted by Crippen LogP contribution is 2.23. The molecule has 3 rings (SSSR count). The van der Waals surface area contributed by atoms with E-state index in [0.29, 0.717) is 23.5 Å². The van der Waals surface area contributed by atoms with Crippen LogP contribution in [0.2, 0.25) is 0 Å². The number of hydrogen-bond donors (Lipinski definition) is 1. The molecule has 5 heteroatoms. The number of carboxylic acid groups (broad SMARTS) is 1. The van der Waals surface area contributed by atoms with Crippen LogP contribution in [0.4, 0.5) is 4.39 Å². The molecular formula is C17H12FNO3. The van der Waals surface area contributed by atoms with E-state index in [4.69, 9.17) is 9.52 Å². The van der Waals surface area contributed by atoms with Crippen LogP contribution in [0, 0.1) is 5.82 Å². The lowest BCUT2D eigenvalue weighted by Gasteiger charge is -2.00. The topological polar surface area (TPSA) is 63.3 Å². The van der Waals surface area contributed by atoms with Gasteiger partial charge in [-0.3, -0.25) is 4.98 Å². The van der Waals surface area contributed by atoms with E-state index in [9.17, 15) is 9.18 Å². The third-order valence-electron chi connectivity index (χ3n) is 3.22. The summed E-state index contributed by atoms with van der Waals surface area (Å²) in [7, 11) is 0. The zero-order valence-corrected chi connectivity index (χ0v) is 11.5. The second kappa shape index (κ2) is 5.81. The Morgan fingerprint density at radius 2 is 1.91 bits per heavy atom. The van der Waals surface area contributed by atoms with Crippen LogP contribution in [0.15, 0.2) is 59.3 Å². The molecule has 0 aliphatic heterocycles. The number of hydrogen-bond acceptors (Lipinski definition) is 3. The number of carbonyl (C=O) groups is 1. The van der Waals surface area contributed by atoms with Gasteiger partial charge >= 0.3 is 5.97 Å². The summed E-state index contributed by atoms with van der Waals surface area (Å²) in [6.07, 6.45) is 3.37. The maximum Gasteiger partial charge on any atom is 0.337 e. The summed E-state index contributed by atoms with van der Waals surface area (Å²) >= 11 is 0. The van der Waals surface area contributed by atoms with Gasteiger partial charge < -0.3 is 9.52 Å². The molecule has 4 nitrogen and oxygen atoms in total. The Labute approximate surface area is 125 Å². The minimum absolute atomic E-state index is 0.106. The van der Waals surface area contributed by atoms with Crippen molar-refractivity contribution in [2.24, 2.45) is 0 Å². The largest absolute Gasteiger partial charge is 0.478 e. The van der Waals surface area contributed by atoms with Gasteiger partial charge in [0.15, 0.2) is 0 Å². The molecule has 0 fully saturated rings. The third-order valence-corrected chi connectivity index (χ3v) is 3.22. The summed E-state index contributed by atoms with van der Waals surface area (Å²) in [5.41, 5.74) is 1.64. The van der Waals surface area contributed by atoms with Crippen molar-refractivity contribution in [1.29, 1.82) is 0 Å². The zero-order chi connectivity index (χ0) is 15.5. The molecule has 0 atom stereocenters. The predicted octanol–water partition coefficient (Wildman–Crippen LogP) is 3.77. The van der Waals surface area contributed by atoms with Crippen LogP contribution in [0.5, 0.6) is 0 Å². The van der Waals surface area contributed by atoms with E-state index >= 15 is 0 Å². The van der Waals surface area contributed by atoms with Crippen molar-refractivity contribution in [3.05, 3.63) is 77.6 Å². The van der Waals surface area contributed by atoms with E-state index in [1.165, 1.54) is 24.4 Å². The molecule has 22 heavy (non-hydrogen) atoms. The summed E-state index contributed by atoms with van der Waals surface area (Å²) < 4.78 is 18.6. The Morgan fingerprint density at radius 1 is 1.14 bits per heavy atom. The monoisotopic (exact) mass is 297 g/mol. The van der Waals surface area contributed by atoms with Crippen molar-refractivity contribution in [2.45, 2.75) is 6.42 Å². The molecule has 0 radical (unpaired) electrons. The maximum atomic E-state index is 12.9. The van der Waals surface area contributed by atoms with Crippen LogP contribution in [-0.2, 0) is 6.42 Å². The van der Waals surface area contributed by atoms with Gasteiger partial charge in [0.1, 0.15) is 17.3 Å². The van der Waals surface area contributed by atoms with Crippen molar-refractivity contribution in [2.75, 3.05) is 0 Å². The van der Waals surface area contributed by atoms with Crippen LogP contribution in [0.3, 0.4) is 0 Å². The van der Waals surface area contributed by atoms with E-state index in [2.05, 4.69) is 4.98 Å². The fourth-order valence-corrected chi connectivity index (χ4v) is 2.12. The molecule has 2 heterocycles. The highest BCUT2D eigenvalue weighted by Gasteiger charge is 2.09. The lowest BCUT2D eigenvalue weighted by Crippen LogP contribution is -1.96. The molecule has 0 bridgehead atoms. The smallest absolute Gasteiger partial charge is 0.337 e. The standard InChI is InChI=1S/C17H12FNO3/c18-14-3-1-11(2-4-14)7-15-5-6-16(22-15)12-8-13(17(20)21)10-19-9-12/h1-6,8-10H,7H2,(H,20,21). The number of nitrogens with zero attached hydrogens (tertiary/aromatic N) is 1. The fraction of sp³-hybridized carbons (Fsp3) is 0.0588. The van der Waals surface area contributed by atoms with E-state index < -0.39 is 5.97 Å². The molecule has 0 saturated heterocycles. The molecule has 0 amide bonds. The van der Waals surface area contributed by atoms with Gasteiger partial charge in [-0.25, -0.2) is 9.18 Å². The van der Waals surface area contributed by atoms with Crippen LogP contribution in [0.1, 0.15) is 21.7 Å². The normalized spacial score (nSPS) is 10.6. The summed E-state index contributed by atoms with van der Waals surface area (Å²) in [5.74, 6) is -0.0528. The maximum absolute atomic E-state index is 12.9. The minimum Gasteiger partial charge on any atom is -0.478 e. The summed E-state index contributed by atoms with van der Waals surface area (Å²) in [6, 6.07) is 11.3. The fourth-order valence-electron chi connectivity index (χ4n) is 2.12. The van der Waals surface area contributed by atoms with Crippen molar-refractivity contribution in [3.63, 3.8) is 0 Å².